The fourth-order valence-electron chi connectivity index (χ4n) is 3.37. The van der Waals surface area contributed by atoms with Gasteiger partial charge in [-0.05, 0) is 61.5 Å². The van der Waals surface area contributed by atoms with Gasteiger partial charge in [0.1, 0.15) is 5.37 Å². The number of aromatic nitrogens is 1. The third-order valence-corrected chi connectivity index (χ3v) is 6.87. The molecule has 0 amide bonds. The minimum Gasteiger partial charge on any atom is -0.399 e. The van der Waals surface area contributed by atoms with Crippen LogP contribution < -0.4 is 5.73 Å². The van der Waals surface area contributed by atoms with E-state index in [0.29, 0.717) is 0 Å². The summed E-state index contributed by atoms with van der Waals surface area (Å²) >= 11 is 8.78. The molecule has 2 atom stereocenters. The molecule has 1 heterocycles. The lowest BCUT2D eigenvalue weighted by Crippen LogP contribution is -2.18. The van der Waals surface area contributed by atoms with Gasteiger partial charge >= 0.3 is 0 Å². The molecule has 6 heteroatoms. The molecule has 0 saturated heterocycles. The molecule has 0 aliphatic carbocycles. The molecular formula is C21H18Br2N2OS. The van der Waals surface area contributed by atoms with E-state index in [1.54, 1.807) is 11.8 Å². The number of hydrogen-bond acceptors (Lipinski definition) is 3. The van der Waals surface area contributed by atoms with Crippen LogP contribution in [-0.4, -0.2) is 15.8 Å². The molecule has 0 fully saturated rings. The molecule has 1 aromatic heterocycles. The zero-order valence-electron chi connectivity index (χ0n) is 14.6. The van der Waals surface area contributed by atoms with Gasteiger partial charge in [0.25, 0.3) is 0 Å². The third-order valence-electron chi connectivity index (χ3n) is 4.51. The molecule has 3 N–H and O–H groups in total. The molecular weight excluding hydrogens is 488 g/mol. The zero-order valence-corrected chi connectivity index (χ0v) is 18.6. The standard InChI is InChI=1S/C21H18Br2N2OS/c1-12(26)21(27-16-4-2-3-15(24)11-16)25-19-7-5-13(22)9-17(19)18-10-14(23)6-8-20(18)25/h2-12,21,26H,24H2,1H3. The number of aliphatic hydroxyl groups excluding tert-OH is 1. The number of halogens is 2. The van der Waals surface area contributed by atoms with Crippen LogP contribution in [0, 0.1) is 0 Å². The normalized spacial score (nSPS) is 13.9. The van der Waals surface area contributed by atoms with Gasteiger partial charge in [0, 0.05) is 30.3 Å². The predicted octanol–water partition coefficient (Wildman–Crippen LogP) is 6.57. The molecule has 4 aromatic rings. The first-order valence-electron chi connectivity index (χ1n) is 8.53. The van der Waals surface area contributed by atoms with Crippen molar-refractivity contribution in [2.45, 2.75) is 23.3 Å². The Kier molecular flexibility index (Phi) is 5.25. The molecule has 0 radical (unpaired) electrons. The predicted molar refractivity (Wildman–Crippen MR) is 122 cm³/mol. The summed E-state index contributed by atoms with van der Waals surface area (Å²) < 4.78 is 4.29. The summed E-state index contributed by atoms with van der Waals surface area (Å²) in [5.41, 5.74) is 8.85. The van der Waals surface area contributed by atoms with Crippen molar-refractivity contribution >= 4 is 71.1 Å². The number of anilines is 1. The molecule has 0 bridgehead atoms. The van der Waals surface area contributed by atoms with Gasteiger partial charge in [-0.25, -0.2) is 0 Å². The fraction of sp³-hybridized carbons (Fsp3) is 0.143. The van der Waals surface area contributed by atoms with Gasteiger partial charge in [-0.1, -0.05) is 49.7 Å². The van der Waals surface area contributed by atoms with Gasteiger partial charge in [-0.15, -0.1) is 0 Å². The lowest BCUT2D eigenvalue weighted by Gasteiger charge is -2.24. The Morgan fingerprint density at radius 3 is 2.04 bits per heavy atom. The SMILES string of the molecule is CC(O)C(Sc1cccc(N)c1)n1c2ccc(Br)cc2c2cc(Br)ccc21. The highest BCUT2D eigenvalue weighted by atomic mass is 79.9. The minimum atomic E-state index is -0.553. The van der Waals surface area contributed by atoms with E-state index in [1.165, 1.54) is 0 Å². The molecule has 3 nitrogen and oxygen atoms in total. The van der Waals surface area contributed by atoms with E-state index in [4.69, 9.17) is 5.73 Å². The Balaban J connectivity index is 1.96. The second-order valence-electron chi connectivity index (χ2n) is 6.51. The Morgan fingerprint density at radius 1 is 0.926 bits per heavy atom. The average Bonchev–Trinajstić information content (AvgIpc) is 2.92. The van der Waals surface area contributed by atoms with Crippen LogP contribution in [0.4, 0.5) is 5.69 Å². The summed E-state index contributed by atoms with van der Waals surface area (Å²) in [6.45, 7) is 1.83. The van der Waals surface area contributed by atoms with Crippen molar-refractivity contribution in [1.29, 1.82) is 0 Å². The highest BCUT2D eigenvalue weighted by Crippen LogP contribution is 2.42. The minimum absolute atomic E-state index is 0.186. The summed E-state index contributed by atoms with van der Waals surface area (Å²) in [6, 6.07) is 20.3. The van der Waals surface area contributed by atoms with Crippen molar-refractivity contribution in [3.8, 4) is 0 Å². The zero-order chi connectivity index (χ0) is 19.1. The van der Waals surface area contributed by atoms with E-state index in [-0.39, 0.29) is 5.37 Å². The maximum absolute atomic E-state index is 10.7. The van der Waals surface area contributed by atoms with Crippen LogP contribution in [0.25, 0.3) is 21.8 Å². The van der Waals surface area contributed by atoms with Crippen LogP contribution >= 0.6 is 43.6 Å². The third kappa shape index (κ3) is 3.63. The number of benzene rings is 3. The van der Waals surface area contributed by atoms with Crippen LogP contribution in [0.3, 0.4) is 0 Å². The van der Waals surface area contributed by atoms with Crippen molar-refractivity contribution in [2.75, 3.05) is 5.73 Å². The second-order valence-corrected chi connectivity index (χ2v) is 9.54. The molecule has 0 aliphatic rings. The number of rotatable bonds is 4. The summed E-state index contributed by atoms with van der Waals surface area (Å²) in [5, 5.41) is 12.8. The molecule has 3 aromatic carbocycles. The van der Waals surface area contributed by atoms with Crippen LogP contribution in [0.5, 0.6) is 0 Å². The van der Waals surface area contributed by atoms with Crippen molar-refractivity contribution in [2.24, 2.45) is 0 Å². The highest BCUT2D eigenvalue weighted by molar-refractivity contribution is 9.10. The van der Waals surface area contributed by atoms with Gasteiger partial charge in [-0.3, -0.25) is 0 Å². The van der Waals surface area contributed by atoms with Crippen molar-refractivity contribution in [3.63, 3.8) is 0 Å². The van der Waals surface area contributed by atoms with Crippen molar-refractivity contribution in [3.05, 3.63) is 69.6 Å². The summed E-state index contributed by atoms with van der Waals surface area (Å²) in [5.74, 6) is 0. The van der Waals surface area contributed by atoms with Gasteiger partial charge < -0.3 is 15.4 Å². The Hall–Kier alpha value is -1.47. The highest BCUT2D eigenvalue weighted by Gasteiger charge is 2.24. The maximum Gasteiger partial charge on any atom is 0.110 e. The van der Waals surface area contributed by atoms with E-state index >= 15 is 0 Å². The number of hydrogen-bond donors (Lipinski definition) is 2. The number of nitrogens with two attached hydrogens (primary N) is 1. The first kappa shape index (κ1) is 18.9. The van der Waals surface area contributed by atoms with Crippen LogP contribution in [-0.2, 0) is 0 Å². The van der Waals surface area contributed by atoms with E-state index in [0.717, 1.165) is 41.3 Å². The number of nitrogen functional groups attached to an aromatic ring is 1. The van der Waals surface area contributed by atoms with Crippen LogP contribution in [0.15, 0.2) is 74.5 Å². The van der Waals surface area contributed by atoms with E-state index < -0.39 is 6.10 Å². The largest absolute Gasteiger partial charge is 0.399 e. The average molecular weight is 506 g/mol. The van der Waals surface area contributed by atoms with Crippen molar-refractivity contribution < 1.29 is 5.11 Å². The molecule has 0 aliphatic heterocycles. The number of aliphatic hydroxyl groups is 1. The summed E-state index contributed by atoms with van der Waals surface area (Å²) in [4.78, 5) is 1.03. The van der Waals surface area contributed by atoms with E-state index in [9.17, 15) is 5.11 Å². The lowest BCUT2D eigenvalue weighted by molar-refractivity contribution is 0.172. The number of fused-ring (bicyclic) bond motifs is 3. The molecule has 2 unspecified atom stereocenters. The molecule has 27 heavy (non-hydrogen) atoms. The molecule has 0 saturated carbocycles. The summed E-state index contributed by atoms with van der Waals surface area (Å²) in [7, 11) is 0. The quantitative estimate of drug-likeness (QED) is 0.243. The maximum atomic E-state index is 10.7. The lowest BCUT2D eigenvalue weighted by atomic mass is 10.2. The first-order chi connectivity index (χ1) is 12.9. The Bertz CT molecular complexity index is 1080. The fourth-order valence-corrected chi connectivity index (χ4v) is 5.26. The Morgan fingerprint density at radius 2 is 1.52 bits per heavy atom. The molecule has 138 valence electrons. The molecule has 4 rings (SSSR count). The number of thioether (sulfide) groups is 1. The van der Waals surface area contributed by atoms with Gasteiger partial charge in [-0.2, -0.15) is 0 Å². The number of nitrogens with zero attached hydrogens (tertiary/aromatic N) is 1. The van der Waals surface area contributed by atoms with Crippen LogP contribution in [0.2, 0.25) is 0 Å². The van der Waals surface area contributed by atoms with E-state index in [2.05, 4.69) is 60.7 Å². The monoisotopic (exact) mass is 504 g/mol. The van der Waals surface area contributed by atoms with Gasteiger partial charge in [0.2, 0.25) is 0 Å². The topological polar surface area (TPSA) is 51.2 Å². The smallest absolute Gasteiger partial charge is 0.110 e. The second kappa shape index (κ2) is 7.51. The van der Waals surface area contributed by atoms with E-state index in [1.807, 2.05) is 43.3 Å². The first-order valence-corrected chi connectivity index (χ1v) is 11.0. The Labute approximate surface area is 178 Å². The van der Waals surface area contributed by atoms with Gasteiger partial charge in [0.15, 0.2) is 0 Å². The van der Waals surface area contributed by atoms with Crippen LogP contribution in [0.1, 0.15) is 12.3 Å². The van der Waals surface area contributed by atoms with Crippen molar-refractivity contribution in [1.82, 2.24) is 4.57 Å². The van der Waals surface area contributed by atoms with Gasteiger partial charge in [0.05, 0.1) is 17.1 Å². The summed E-state index contributed by atoms with van der Waals surface area (Å²) in [6.07, 6.45) is -0.553. The molecule has 0 spiro atoms.